The molecule has 0 unspecified atom stereocenters. The molecule has 0 aromatic heterocycles. The Hall–Kier alpha value is -2.04. The Balaban J connectivity index is 2.48. The van der Waals surface area contributed by atoms with Crippen molar-refractivity contribution in [3.8, 4) is 5.75 Å². The fraction of sp³-hybridized carbons (Fsp3) is 0.467. The number of rotatable bonds is 6. The largest absolute Gasteiger partial charge is 0.483 e. The third-order valence-electron chi connectivity index (χ3n) is 3.01. The van der Waals surface area contributed by atoms with Gasteiger partial charge in [-0.15, -0.1) is 0 Å². The number of hydrogen-bond donors (Lipinski definition) is 2. The van der Waals surface area contributed by atoms with Crippen LogP contribution in [0.1, 0.15) is 25.0 Å². The quantitative estimate of drug-likeness (QED) is 0.834. The average Bonchev–Trinajstić information content (AvgIpc) is 2.37. The van der Waals surface area contributed by atoms with E-state index in [0.29, 0.717) is 5.75 Å². The summed E-state index contributed by atoms with van der Waals surface area (Å²) < 4.78 is 5.45. The van der Waals surface area contributed by atoms with Gasteiger partial charge in [-0.2, -0.15) is 0 Å². The number of aliphatic carboxylic acids is 1. The van der Waals surface area contributed by atoms with Gasteiger partial charge in [0.05, 0.1) is 5.41 Å². The van der Waals surface area contributed by atoms with Crippen molar-refractivity contribution in [2.24, 2.45) is 5.41 Å². The number of amides is 1. The first-order valence-corrected chi connectivity index (χ1v) is 6.42. The zero-order valence-electron chi connectivity index (χ0n) is 12.3. The summed E-state index contributed by atoms with van der Waals surface area (Å²) in [5.74, 6) is -0.619. The maximum Gasteiger partial charge on any atom is 0.310 e. The molecule has 1 amide bonds. The highest BCUT2D eigenvalue weighted by Crippen LogP contribution is 2.19. The van der Waals surface area contributed by atoms with E-state index in [4.69, 9.17) is 9.84 Å². The molecule has 0 saturated heterocycles. The monoisotopic (exact) mass is 279 g/mol. The molecule has 1 aromatic carbocycles. The number of benzene rings is 1. The summed E-state index contributed by atoms with van der Waals surface area (Å²) in [6.07, 6.45) is 0. The van der Waals surface area contributed by atoms with Crippen molar-refractivity contribution in [3.63, 3.8) is 0 Å². The lowest BCUT2D eigenvalue weighted by Gasteiger charge is -2.19. The Kier molecular flexibility index (Phi) is 5.13. The molecular weight excluding hydrogens is 258 g/mol. The van der Waals surface area contributed by atoms with Crippen LogP contribution in [0.4, 0.5) is 0 Å². The van der Waals surface area contributed by atoms with Gasteiger partial charge in [0.25, 0.3) is 5.91 Å². The van der Waals surface area contributed by atoms with E-state index in [2.05, 4.69) is 5.32 Å². The number of aryl methyl sites for hydroxylation is 2. The minimum Gasteiger partial charge on any atom is -0.483 e. The molecule has 0 spiro atoms. The van der Waals surface area contributed by atoms with Crippen LogP contribution in [0.15, 0.2) is 18.2 Å². The van der Waals surface area contributed by atoms with E-state index in [0.717, 1.165) is 11.1 Å². The molecule has 1 aromatic rings. The summed E-state index contributed by atoms with van der Waals surface area (Å²) in [5.41, 5.74) is 1.02. The van der Waals surface area contributed by atoms with Gasteiger partial charge in [0, 0.05) is 6.54 Å². The second-order valence-corrected chi connectivity index (χ2v) is 5.52. The van der Waals surface area contributed by atoms with Crippen LogP contribution in [-0.4, -0.2) is 30.1 Å². The number of ether oxygens (including phenoxy) is 1. The van der Waals surface area contributed by atoms with Gasteiger partial charge in [-0.25, -0.2) is 0 Å². The zero-order valence-corrected chi connectivity index (χ0v) is 12.3. The molecule has 1 rings (SSSR count). The highest BCUT2D eigenvalue weighted by atomic mass is 16.5. The predicted octanol–water partition coefficient (Wildman–Crippen LogP) is 1.91. The third kappa shape index (κ3) is 4.57. The smallest absolute Gasteiger partial charge is 0.310 e. The van der Waals surface area contributed by atoms with Crippen molar-refractivity contribution in [3.05, 3.63) is 29.3 Å². The van der Waals surface area contributed by atoms with Crippen LogP contribution in [0.3, 0.4) is 0 Å². The number of carbonyl (C=O) groups excluding carboxylic acids is 1. The highest BCUT2D eigenvalue weighted by Gasteiger charge is 2.27. The molecule has 20 heavy (non-hydrogen) atoms. The minimum absolute atomic E-state index is 0.0668. The fourth-order valence-electron chi connectivity index (χ4n) is 1.45. The Labute approximate surface area is 118 Å². The number of nitrogens with one attached hydrogen (secondary N) is 1. The lowest BCUT2D eigenvalue weighted by atomic mass is 9.94. The van der Waals surface area contributed by atoms with Crippen molar-refractivity contribution < 1.29 is 19.4 Å². The van der Waals surface area contributed by atoms with Gasteiger partial charge in [0.15, 0.2) is 6.61 Å². The maximum absolute atomic E-state index is 11.7. The minimum atomic E-state index is -0.991. The highest BCUT2D eigenvalue weighted by molar-refractivity contribution is 5.79. The van der Waals surface area contributed by atoms with Crippen LogP contribution < -0.4 is 10.1 Å². The van der Waals surface area contributed by atoms with E-state index in [1.807, 2.05) is 32.0 Å². The maximum atomic E-state index is 11.7. The average molecular weight is 279 g/mol. The molecule has 110 valence electrons. The van der Waals surface area contributed by atoms with Gasteiger partial charge in [-0.1, -0.05) is 12.1 Å². The Morgan fingerprint density at radius 2 is 1.95 bits per heavy atom. The molecule has 0 fully saturated rings. The van der Waals surface area contributed by atoms with Crippen LogP contribution >= 0.6 is 0 Å². The van der Waals surface area contributed by atoms with Crippen LogP contribution in [0.5, 0.6) is 5.75 Å². The van der Waals surface area contributed by atoms with Crippen molar-refractivity contribution >= 4 is 11.9 Å². The predicted molar refractivity (Wildman–Crippen MR) is 75.8 cm³/mol. The molecule has 0 aliphatic rings. The summed E-state index contributed by atoms with van der Waals surface area (Å²) in [5, 5.41) is 11.5. The summed E-state index contributed by atoms with van der Waals surface area (Å²) in [4.78, 5) is 22.6. The van der Waals surface area contributed by atoms with Gasteiger partial charge in [-0.05, 0) is 44.9 Å². The summed E-state index contributed by atoms with van der Waals surface area (Å²) in [6.45, 7) is 6.90. The standard InChI is InChI=1S/C15H21NO4/c1-10-5-6-11(2)12(7-10)20-8-13(17)16-9-15(3,4)14(18)19/h5-7H,8-9H2,1-4H3,(H,16,17)(H,18,19). The van der Waals surface area contributed by atoms with Crippen LogP contribution in [0, 0.1) is 19.3 Å². The first-order valence-electron chi connectivity index (χ1n) is 6.42. The first kappa shape index (κ1) is 16.0. The van der Waals surface area contributed by atoms with Crippen LogP contribution in [-0.2, 0) is 9.59 Å². The van der Waals surface area contributed by atoms with Crippen molar-refractivity contribution in [1.29, 1.82) is 0 Å². The topological polar surface area (TPSA) is 75.6 Å². The van der Waals surface area contributed by atoms with Crippen molar-refractivity contribution in [2.75, 3.05) is 13.2 Å². The van der Waals surface area contributed by atoms with Gasteiger partial charge in [-0.3, -0.25) is 9.59 Å². The Morgan fingerprint density at radius 1 is 1.30 bits per heavy atom. The lowest BCUT2D eigenvalue weighted by Crippen LogP contribution is -2.40. The molecule has 5 heteroatoms. The summed E-state index contributed by atoms with van der Waals surface area (Å²) in [6, 6.07) is 5.76. The molecule has 0 bridgehead atoms. The van der Waals surface area contributed by atoms with E-state index in [-0.39, 0.29) is 19.1 Å². The van der Waals surface area contributed by atoms with Gasteiger partial charge in [0.1, 0.15) is 5.75 Å². The number of carboxylic acid groups (broad SMARTS) is 1. The second-order valence-electron chi connectivity index (χ2n) is 5.52. The molecule has 0 saturated carbocycles. The Morgan fingerprint density at radius 3 is 2.55 bits per heavy atom. The molecule has 0 aliphatic heterocycles. The van der Waals surface area contributed by atoms with E-state index in [1.165, 1.54) is 0 Å². The first-order chi connectivity index (χ1) is 9.22. The normalized spacial score (nSPS) is 11.0. The summed E-state index contributed by atoms with van der Waals surface area (Å²) >= 11 is 0. The van der Waals surface area contributed by atoms with Gasteiger partial charge < -0.3 is 15.2 Å². The van der Waals surface area contributed by atoms with Crippen molar-refractivity contribution in [1.82, 2.24) is 5.32 Å². The summed E-state index contributed by atoms with van der Waals surface area (Å²) in [7, 11) is 0. The van der Waals surface area contributed by atoms with E-state index >= 15 is 0 Å². The fourth-order valence-corrected chi connectivity index (χ4v) is 1.45. The zero-order chi connectivity index (χ0) is 15.3. The van der Waals surface area contributed by atoms with Gasteiger partial charge >= 0.3 is 5.97 Å². The molecule has 0 radical (unpaired) electrons. The van der Waals surface area contributed by atoms with E-state index in [1.54, 1.807) is 13.8 Å². The molecular formula is C15H21NO4. The lowest BCUT2D eigenvalue weighted by molar-refractivity contribution is -0.146. The van der Waals surface area contributed by atoms with Crippen LogP contribution in [0.25, 0.3) is 0 Å². The number of carboxylic acids is 1. The second kappa shape index (κ2) is 6.41. The number of carbonyl (C=O) groups is 2. The van der Waals surface area contributed by atoms with Gasteiger partial charge in [0.2, 0.25) is 0 Å². The molecule has 0 heterocycles. The van der Waals surface area contributed by atoms with Crippen molar-refractivity contribution in [2.45, 2.75) is 27.7 Å². The number of hydrogen-bond acceptors (Lipinski definition) is 3. The third-order valence-corrected chi connectivity index (χ3v) is 3.01. The Bertz CT molecular complexity index is 509. The molecule has 2 N–H and O–H groups in total. The molecule has 5 nitrogen and oxygen atoms in total. The SMILES string of the molecule is Cc1ccc(C)c(OCC(=O)NCC(C)(C)C(=O)O)c1. The van der Waals surface area contributed by atoms with E-state index < -0.39 is 11.4 Å². The van der Waals surface area contributed by atoms with Crippen LogP contribution in [0.2, 0.25) is 0 Å². The molecule has 0 atom stereocenters. The van der Waals surface area contributed by atoms with E-state index in [9.17, 15) is 9.59 Å². The molecule has 0 aliphatic carbocycles.